The number of Topliss-reactive ketones (excluding diaryl/α,β-unsaturated/α-hetero) is 2. The van der Waals surface area contributed by atoms with Crippen LogP contribution in [-0.2, 0) is 19.1 Å². The van der Waals surface area contributed by atoms with Gasteiger partial charge in [-0.05, 0) is 6.92 Å². The maximum atomic E-state index is 11.8. The molecule has 4 heteroatoms. The molecule has 0 aromatic rings. The monoisotopic (exact) mass is 228 g/mol. The highest BCUT2D eigenvalue weighted by atomic mass is 16.5. The summed E-state index contributed by atoms with van der Waals surface area (Å²) in [7, 11) is 0. The van der Waals surface area contributed by atoms with E-state index in [-0.39, 0.29) is 30.0 Å². The SMILES string of the molecule is CCOC(=O)C(C(=O)C(C)C)C(=O)C(C)C. The zero-order chi connectivity index (χ0) is 12.9. The van der Waals surface area contributed by atoms with Crippen LogP contribution in [0.25, 0.3) is 0 Å². The van der Waals surface area contributed by atoms with Crippen molar-refractivity contribution < 1.29 is 19.1 Å². The molecular weight excluding hydrogens is 208 g/mol. The van der Waals surface area contributed by atoms with E-state index >= 15 is 0 Å². The van der Waals surface area contributed by atoms with Gasteiger partial charge in [-0.2, -0.15) is 0 Å². The third-order valence-corrected chi connectivity index (χ3v) is 2.23. The average molecular weight is 228 g/mol. The Kier molecular flexibility index (Phi) is 5.93. The molecule has 0 aliphatic carbocycles. The summed E-state index contributed by atoms with van der Waals surface area (Å²) in [5.74, 6) is -3.40. The molecule has 0 N–H and O–H groups in total. The lowest BCUT2D eigenvalue weighted by Crippen LogP contribution is -2.38. The van der Waals surface area contributed by atoms with Gasteiger partial charge in [0.05, 0.1) is 6.61 Å². The van der Waals surface area contributed by atoms with Crippen LogP contribution in [0.1, 0.15) is 34.6 Å². The van der Waals surface area contributed by atoms with Gasteiger partial charge in [0, 0.05) is 11.8 Å². The summed E-state index contributed by atoms with van der Waals surface area (Å²) in [5.41, 5.74) is 0. The standard InChI is InChI=1S/C12H20O4/c1-6-16-12(15)9(10(13)7(2)3)11(14)8(4)5/h7-9H,6H2,1-5H3. The maximum Gasteiger partial charge on any atom is 0.324 e. The van der Waals surface area contributed by atoms with Crippen molar-refractivity contribution in [1.29, 1.82) is 0 Å². The Hall–Kier alpha value is -1.19. The van der Waals surface area contributed by atoms with Crippen molar-refractivity contribution >= 4 is 17.5 Å². The first kappa shape index (κ1) is 14.8. The van der Waals surface area contributed by atoms with Gasteiger partial charge >= 0.3 is 5.97 Å². The molecule has 0 aliphatic rings. The molecule has 0 amide bonds. The Morgan fingerprint density at radius 1 is 0.938 bits per heavy atom. The molecule has 0 fully saturated rings. The van der Waals surface area contributed by atoms with Crippen molar-refractivity contribution in [2.45, 2.75) is 34.6 Å². The van der Waals surface area contributed by atoms with E-state index in [2.05, 4.69) is 0 Å². The van der Waals surface area contributed by atoms with Crippen molar-refractivity contribution in [3.63, 3.8) is 0 Å². The lowest BCUT2D eigenvalue weighted by atomic mass is 9.87. The number of hydrogen-bond acceptors (Lipinski definition) is 4. The topological polar surface area (TPSA) is 60.4 Å². The highest BCUT2D eigenvalue weighted by Gasteiger charge is 2.37. The van der Waals surface area contributed by atoms with E-state index in [0.717, 1.165) is 0 Å². The van der Waals surface area contributed by atoms with Crippen LogP contribution in [0.5, 0.6) is 0 Å². The third-order valence-electron chi connectivity index (χ3n) is 2.23. The minimum Gasteiger partial charge on any atom is -0.465 e. The fourth-order valence-electron chi connectivity index (χ4n) is 1.26. The Labute approximate surface area is 96.4 Å². The molecule has 0 saturated heterocycles. The maximum absolute atomic E-state index is 11.8. The number of ether oxygens (including phenoxy) is 1. The van der Waals surface area contributed by atoms with Crippen molar-refractivity contribution in [2.24, 2.45) is 17.8 Å². The zero-order valence-corrected chi connectivity index (χ0v) is 10.6. The van der Waals surface area contributed by atoms with E-state index in [1.54, 1.807) is 34.6 Å². The minimum atomic E-state index is -1.25. The Morgan fingerprint density at radius 3 is 1.56 bits per heavy atom. The first-order chi connectivity index (χ1) is 7.32. The lowest BCUT2D eigenvalue weighted by molar-refractivity contribution is -0.156. The molecule has 0 radical (unpaired) electrons. The van der Waals surface area contributed by atoms with Crippen LogP contribution in [0, 0.1) is 17.8 Å². The number of esters is 1. The molecule has 0 bridgehead atoms. The Morgan fingerprint density at radius 2 is 1.31 bits per heavy atom. The van der Waals surface area contributed by atoms with Crippen LogP contribution in [-0.4, -0.2) is 24.1 Å². The first-order valence-corrected chi connectivity index (χ1v) is 5.57. The average Bonchev–Trinajstić information content (AvgIpc) is 2.17. The van der Waals surface area contributed by atoms with Crippen molar-refractivity contribution in [3.8, 4) is 0 Å². The quantitative estimate of drug-likeness (QED) is 0.512. The van der Waals surface area contributed by atoms with Gasteiger partial charge in [0.2, 0.25) is 0 Å². The van der Waals surface area contributed by atoms with E-state index in [9.17, 15) is 14.4 Å². The van der Waals surface area contributed by atoms with Gasteiger partial charge in [0.25, 0.3) is 0 Å². The second-order valence-corrected chi connectivity index (χ2v) is 4.30. The fourth-order valence-corrected chi connectivity index (χ4v) is 1.26. The normalized spacial score (nSPS) is 11.0. The molecule has 0 rings (SSSR count). The molecule has 0 aromatic carbocycles. The first-order valence-electron chi connectivity index (χ1n) is 5.57. The minimum absolute atomic E-state index is 0.173. The van der Waals surface area contributed by atoms with E-state index in [1.165, 1.54) is 0 Å². The highest BCUT2D eigenvalue weighted by Crippen LogP contribution is 2.15. The smallest absolute Gasteiger partial charge is 0.324 e. The number of rotatable bonds is 6. The van der Waals surface area contributed by atoms with Crippen LogP contribution in [0.2, 0.25) is 0 Å². The van der Waals surface area contributed by atoms with Crippen LogP contribution in [0.15, 0.2) is 0 Å². The van der Waals surface area contributed by atoms with Crippen molar-refractivity contribution in [2.75, 3.05) is 6.61 Å². The van der Waals surface area contributed by atoms with E-state index in [1.807, 2.05) is 0 Å². The molecule has 0 spiro atoms. The van der Waals surface area contributed by atoms with E-state index in [4.69, 9.17) is 4.74 Å². The number of hydrogen-bond donors (Lipinski definition) is 0. The molecule has 0 heterocycles. The Bertz CT molecular complexity index is 259. The second kappa shape index (κ2) is 6.40. The molecule has 92 valence electrons. The van der Waals surface area contributed by atoms with Gasteiger partial charge in [0.15, 0.2) is 17.5 Å². The predicted molar refractivity (Wildman–Crippen MR) is 59.8 cm³/mol. The second-order valence-electron chi connectivity index (χ2n) is 4.30. The molecule has 0 unspecified atom stereocenters. The predicted octanol–water partition coefficient (Wildman–Crippen LogP) is 1.62. The van der Waals surface area contributed by atoms with Crippen molar-refractivity contribution in [1.82, 2.24) is 0 Å². The molecule has 4 nitrogen and oxygen atoms in total. The summed E-state index contributed by atoms with van der Waals surface area (Å²) in [4.78, 5) is 35.1. The fraction of sp³-hybridized carbons (Fsp3) is 0.750. The summed E-state index contributed by atoms with van der Waals surface area (Å²) < 4.78 is 4.77. The number of ketones is 2. The molecule has 16 heavy (non-hydrogen) atoms. The van der Waals surface area contributed by atoms with Crippen LogP contribution in [0.3, 0.4) is 0 Å². The molecule has 0 atom stereocenters. The third kappa shape index (κ3) is 3.76. The summed E-state index contributed by atoms with van der Waals surface area (Å²) >= 11 is 0. The summed E-state index contributed by atoms with van der Waals surface area (Å²) in [5, 5.41) is 0. The van der Waals surface area contributed by atoms with E-state index in [0.29, 0.717) is 0 Å². The molecule has 0 aliphatic heterocycles. The summed E-state index contributed by atoms with van der Waals surface area (Å²) in [6, 6.07) is 0. The van der Waals surface area contributed by atoms with Gasteiger partial charge < -0.3 is 4.74 Å². The van der Waals surface area contributed by atoms with Gasteiger partial charge in [-0.1, -0.05) is 27.7 Å². The zero-order valence-electron chi connectivity index (χ0n) is 10.6. The molecule has 0 aromatic heterocycles. The molecular formula is C12H20O4. The lowest BCUT2D eigenvalue weighted by Gasteiger charge is -2.17. The largest absolute Gasteiger partial charge is 0.465 e. The van der Waals surface area contributed by atoms with Gasteiger partial charge in [-0.15, -0.1) is 0 Å². The summed E-state index contributed by atoms with van der Waals surface area (Å²) in [6.07, 6.45) is 0. The van der Waals surface area contributed by atoms with Crippen LogP contribution < -0.4 is 0 Å². The highest BCUT2D eigenvalue weighted by molar-refractivity contribution is 6.18. The van der Waals surface area contributed by atoms with E-state index < -0.39 is 11.9 Å². The van der Waals surface area contributed by atoms with Gasteiger partial charge in [0.1, 0.15) is 0 Å². The number of carbonyl (C=O) groups is 3. The van der Waals surface area contributed by atoms with Crippen LogP contribution >= 0.6 is 0 Å². The van der Waals surface area contributed by atoms with Crippen LogP contribution in [0.4, 0.5) is 0 Å². The summed E-state index contributed by atoms with van der Waals surface area (Å²) in [6.45, 7) is 8.50. The Balaban J connectivity index is 4.98. The van der Waals surface area contributed by atoms with Gasteiger partial charge in [-0.3, -0.25) is 14.4 Å². The van der Waals surface area contributed by atoms with Crippen molar-refractivity contribution in [3.05, 3.63) is 0 Å². The number of carbonyl (C=O) groups excluding carboxylic acids is 3. The molecule has 0 saturated carbocycles. The van der Waals surface area contributed by atoms with Gasteiger partial charge in [-0.25, -0.2) is 0 Å².